The second-order valence-electron chi connectivity index (χ2n) is 6.96. The number of benzene rings is 3. The maximum Gasteiger partial charge on any atom is 0.277 e. The first-order valence-electron chi connectivity index (χ1n) is 9.55. The lowest BCUT2D eigenvalue weighted by atomic mass is 10.1. The molecule has 9 heteroatoms. The highest BCUT2D eigenvalue weighted by Crippen LogP contribution is 2.26. The lowest BCUT2D eigenvalue weighted by Gasteiger charge is -2.12. The summed E-state index contributed by atoms with van der Waals surface area (Å²) in [5.41, 5.74) is 1.48. The number of halogens is 1. The summed E-state index contributed by atoms with van der Waals surface area (Å²) in [7, 11) is -3.79. The summed E-state index contributed by atoms with van der Waals surface area (Å²) in [6.45, 7) is 1.74. The van der Waals surface area contributed by atoms with Crippen LogP contribution in [0.5, 0.6) is 0 Å². The Balaban J connectivity index is 1.53. The molecule has 7 nitrogen and oxygen atoms in total. The number of sulfonamides is 1. The first-order chi connectivity index (χ1) is 15.3. The summed E-state index contributed by atoms with van der Waals surface area (Å²) in [6.07, 6.45) is 0. The van der Waals surface area contributed by atoms with Crippen LogP contribution >= 0.6 is 0 Å². The van der Waals surface area contributed by atoms with E-state index in [0.717, 1.165) is 0 Å². The largest absolute Gasteiger partial charge is 0.355 e. The Kier molecular flexibility index (Phi) is 5.74. The van der Waals surface area contributed by atoms with Gasteiger partial charge in [-0.1, -0.05) is 41.6 Å². The highest BCUT2D eigenvalue weighted by Gasteiger charge is 2.18. The number of carbonyl (C=O) groups is 1. The fourth-order valence-corrected chi connectivity index (χ4v) is 4.12. The Hall–Kier alpha value is -3.98. The smallest absolute Gasteiger partial charge is 0.277 e. The predicted molar refractivity (Wildman–Crippen MR) is 118 cm³/mol. The van der Waals surface area contributed by atoms with Crippen molar-refractivity contribution < 1.29 is 22.1 Å². The molecule has 0 atom stereocenters. The number of nitrogens with zero attached hydrogens (tertiary/aromatic N) is 1. The summed E-state index contributed by atoms with van der Waals surface area (Å²) in [6, 6.07) is 20.1. The minimum absolute atomic E-state index is 0.0461. The predicted octanol–water partition coefficient (Wildman–Crippen LogP) is 4.84. The Labute approximate surface area is 183 Å². The number of amides is 1. The van der Waals surface area contributed by atoms with Crippen molar-refractivity contribution in [3.05, 3.63) is 95.9 Å². The quantitative estimate of drug-likeness (QED) is 0.437. The monoisotopic (exact) mass is 451 g/mol. The van der Waals surface area contributed by atoms with Crippen molar-refractivity contribution in [3.63, 3.8) is 0 Å². The van der Waals surface area contributed by atoms with E-state index in [9.17, 15) is 17.6 Å². The van der Waals surface area contributed by atoms with Gasteiger partial charge in [-0.15, -0.1) is 0 Å². The van der Waals surface area contributed by atoms with Crippen molar-refractivity contribution in [2.45, 2.75) is 11.8 Å². The minimum Gasteiger partial charge on any atom is -0.355 e. The van der Waals surface area contributed by atoms with Gasteiger partial charge in [0.1, 0.15) is 5.82 Å². The number of aromatic nitrogens is 1. The van der Waals surface area contributed by atoms with Gasteiger partial charge in [-0.3, -0.25) is 9.52 Å². The maximum absolute atomic E-state index is 13.9. The van der Waals surface area contributed by atoms with Gasteiger partial charge in [-0.05, 0) is 48.9 Å². The van der Waals surface area contributed by atoms with E-state index in [4.69, 9.17) is 4.52 Å². The molecule has 3 aromatic carbocycles. The first kappa shape index (κ1) is 21.3. The molecule has 0 fully saturated rings. The van der Waals surface area contributed by atoms with E-state index in [1.165, 1.54) is 36.4 Å². The van der Waals surface area contributed by atoms with Crippen molar-refractivity contribution in [2.75, 3.05) is 10.0 Å². The van der Waals surface area contributed by atoms with Gasteiger partial charge in [0.05, 0.1) is 16.1 Å². The van der Waals surface area contributed by atoms with E-state index in [1.54, 1.807) is 49.4 Å². The van der Waals surface area contributed by atoms with Crippen molar-refractivity contribution in [3.8, 4) is 11.3 Å². The minimum atomic E-state index is -3.79. The molecule has 0 bridgehead atoms. The van der Waals surface area contributed by atoms with E-state index >= 15 is 0 Å². The molecular formula is C23H18FN3O4S. The zero-order valence-electron chi connectivity index (χ0n) is 16.9. The van der Waals surface area contributed by atoms with Crippen molar-refractivity contribution in [1.29, 1.82) is 0 Å². The van der Waals surface area contributed by atoms with Crippen LogP contribution in [-0.4, -0.2) is 19.5 Å². The van der Waals surface area contributed by atoms with Crippen LogP contribution in [0, 0.1) is 12.7 Å². The molecule has 4 rings (SSSR count). The van der Waals surface area contributed by atoms with Crippen LogP contribution in [0.2, 0.25) is 0 Å². The Morgan fingerprint density at radius 2 is 1.69 bits per heavy atom. The molecule has 1 heterocycles. The highest BCUT2D eigenvalue weighted by atomic mass is 32.2. The Bertz CT molecular complexity index is 1390. The van der Waals surface area contributed by atoms with E-state index in [-0.39, 0.29) is 21.9 Å². The summed E-state index contributed by atoms with van der Waals surface area (Å²) in [5, 5.41) is 6.34. The van der Waals surface area contributed by atoms with Crippen molar-refractivity contribution >= 4 is 27.3 Å². The number of rotatable bonds is 6. The van der Waals surface area contributed by atoms with Gasteiger partial charge >= 0.3 is 0 Å². The number of anilines is 2. The van der Waals surface area contributed by atoms with Gasteiger partial charge in [0.15, 0.2) is 11.5 Å². The van der Waals surface area contributed by atoms with Crippen LogP contribution in [0.25, 0.3) is 11.3 Å². The topological polar surface area (TPSA) is 101 Å². The fraction of sp³-hybridized carbons (Fsp3) is 0.0435. The second kappa shape index (κ2) is 8.64. The third-order valence-electron chi connectivity index (χ3n) is 4.68. The molecule has 32 heavy (non-hydrogen) atoms. The molecular weight excluding hydrogens is 433 g/mol. The zero-order chi connectivity index (χ0) is 22.7. The summed E-state index contributed by atoms with van der Waals surface area (Å²) in [4.78, 5) is 12.7. The average molecular weight is 451 g/mol. The number of aryl methyl sites for hydroxylation is 1. The normalized spacial score (nSPS) is 11.2. The van der Waals surface area contributed by atoms with Crippen molar-refractivity contribution in [1.82, 2.24) is 5.16 Å². The standard InChI is InChI=1S/C23H18FN3O4S/c1-15-11-12-16(13-20(15)27-32(29,30)17-7-3-2-4-8-17)25-23(28)21-14-22(31-26-21)18-9-5-6-10-19(18)24/h2-14,27H,1H3,(H,25,28). The molecule has 0 unspecified atom stereocenters. The van der Waals surface area contributed by atoms with Crippen LogP contribution < -0.4 is 10.0 Å². The third-order valence-corrected chi connectivity index (χ3v) is 6.06. The van der Waals surface area contributed by atoms with Gasteiger partial charge in [-0.2, -0.15) is 0 Å². The lowest BCUT2D eigenvalue weighted by Crippen LogP contribution is -2.15. The lowest BCUT2D eigenvalue weighted by molar-refractivity contribution is 0.101. The second-order valence-corrected chi connectivity index (χ2v) is 8.64. The van der Waals surface area contributed by atoms with Gasteiger partial charge in [0, 0.05) is 11.8 Å². The molecule has 0 aliphatic rings. The van der Waals surface area contributed by atoms with Crippen LogP contribution in [0.1, 0.15) is 16.1 Å². The van der Waals surface area contributed by atoms with E-state index in [0.29, 0.717) is 16.9 Å². The van der Waals surface area contributed by atoms with E-state index < -0.39 is 21.7 Å². The SMILES string of the molecule is Cc1ccc(NC(=O)c2cc(-c3ccccc3F)on2)cc1NS(=O)(=O)c1ccccc1. The molecule has 1 aromatic heterocycles. The van der Waals surface area contributed by atoms with Crippen LogP contribution in [0.15, 0.2) is 88.3 Å². The molecule has 0 aliphatic heterocycles. The number of carbonyl (C=O) groups excluding carboxylic acids is 1. The number of hydrogen-bond acceptors (Lipinski definition) is 5. The van der Waals surface area contributed by atoms with Gasteiger partial charge < -0.3 is 9.84 Å². The molecule has 0 aliphatic carbocycles. The first-order valence-corrected chi connectivity index (χ1v) is 11.0. The van der Waals surface area contributed by atoms with Gasteiger partial charge in [0.25, 0.3) is 15.9 Å². The summed E-state index contributed by atoms with van der Waals surface area (Å²) >= 11 is 0. The molecule has 2 N–H and O–H groups in total. The number of nitrogens with one attached hydrogen (secondary N) is 2. The summed E-state index contributed by atoms with van der Waals surface area (Å²) in [5.74, 6) is -0.963. The van der Waals surface area contributed by atoms with Gasteiger partial charge in [0.2, 0.25) is 0 Å². The van der Waals surface area contributed by atoms with Crippen molar-refractivity contribution in [2.24, 2.45) is 0 Å². The maximum atomic E-state index is 13.9. The van der Waals surface area contributed by atoms with Crippen LogP contribution in [-0.2, 0) is 10.0 Å². The molecule has 1 amide bonds. The van der Waals surface area contributed by atoms with E-state index in [1.807, 2.05) is 0 Å². The third kappa shape index (κ3) is 4.52. The Morgan fingerprint density at radius 1 is 0.969 bits per heavy atom. The molecule has 0 saturated carbocycles. The zero-order valence-corrected chi connectivity index (χ0v) is 17.7. The highest BCUT2D eigenvalue weighted by molar-refractivity contribution is 7.92. The molecule has 162 valence electrons. The molecule has 0 radical (unpaired) electrons. The molecule has 0 spiro atoms. The fourth-order valence-electron chi connectivity index (χ4n) is 2.98. The average Bonchev–Trinajstić information content (AvgIpc) is 3.27. The Morgan fingerprint density at radius 3 is 2.44 bits per heavy atom. The van der Waals surface area contributed by atoms with E-state index in [2.05, 4.69) is 15.2 Å². The van der Waals surface area contributed by atoms with Crippen LogP contribution in [0.3, 0.4) is 0 Å². The molecule has 0 saturated heterocycles. The summed E-state index contributed by atoms with van der Waals surface area (Å²) < 4.78 is 46.8. The number of hydrogen-bond donors (Lipinski definition) is 2. The van der Waals surface area contributed by atoms with Crippen LogP contribution in [0.4, 0.5) is 15.8 Å². The van der Waals surface area contributed by atoms with Gasteiger partial charge in [-0.25, -0.2) is 12.8 Å². The molecule has 4 aromatic rings.